The number of aryl methyl sites for hydroxylation is 1. The summed E-state index contributed by atoms with van der Waals surface area (Å²) in [6.45, 7) is 2.17. The SMILES string of the molecule is C[C@]12CC[C@@H]3c4cc(I)c(OS(N)(=O)=O)cc4CC[C@H]3[C@@H]1CCC2=O. The van der Waals surface area contributed by atoms with Crippen LogP contribution in [-0.4, -0.2) is 14.2 Å². The summed E-state index contributed by atoms with van der Waals surface area (Å²) < 4.78 is 28.2. The van der Waals surface area contributed by atoms with Crippen LogP contribution in [0.3, 0.4) is 0 Å². The van der Waals surface area contributed by atoms with E-state index in [-0.39, 0.29) is 5.41 Å². The quantitative estimate of drug-likeness (QED) is 0.666. The van der Waals surface area contributed by atoms with Crippen LogP contribution in [0.1, 0.15) is 56.1 Å². The Balaban J connectivity index is 1.69. The molecule has 136 valence electrons. The highest BCUT2D eigenvalue weighted by Crippen LogP contribution is 2.59. The molecule has 0 spiro atoms. The van der Waals surface area contributed by atoms with E-state index in [4.69, 9.17) is 9.32 Å². The summed E-state index contributed by atoms with van der Waals surface area (Å²) in [7, 11) is -4.02. The highest BCUT2D eigenvalue weighted by atomic mass is 127. The van der Waals surface area contributed by atoms with Gasteiger partial charge in [-0.25, -0.2) is 0 Å². The standard InChI is InChI=1S/C18H22INO4S/c1-18-7-6-11-12(14(18)4-5-17(18)21)3-2-10-8-16(24-25(20,22)23)15(19)9-13(10)11/h8-9,11-12,14H,2-7H2,1H3,(H2,20,22,23)/t11-,12+,14-,18-/m0/s1. The van der Waals surface area contributed by atoms with Gasteiger partial charge < -0.3 is 4.18 Å². The predicted molar refractivity (Wildman–Crippen MR) is 103 cm³/mol. The summed E-state index contributed by atoms with van der Waals surface area (Å²) in [6, 6.07) is 3.90. The predicted octanol–water partition coefficient (Wildman–Crippen LogP) is 3.30. The van der Waals surface area contributed by atoms with Gasteiger partial charge in [-0.15, -0.1) is 0 Å². The van der Waals surface area contributed by atoms with E-state index in [0.717, 1.165) is 47.7 Å². The lowest BCUT2D eigenvalue weighted by Gasteiger charge is -2.48. The van der Waals surface area contributed by atoms with Gasteiger partial charge in [-0.2, -0.15) is 13.6 Å². The number of fused-ring (bicyclic) bond motifs is 5. The first-order valence-corrected chi connectivity index (χ1v) is 11.3. The van der Waals surface area contributed by atoms with E-state index >= 15 is 0 Å². The molecular formula is C18H22INO4S. The lowest BCUT2D eigenvalue weighted by atomic mass is 9.55. The maximum Gasteiger partial charge on any atom is 0.380 e. The lowest BCUT2D eigenvalue weighted by molar-refractivity contribution is -0.129. The molecule has 5 nitrogen and oxygen atoms in total. The maximum atomic E-state index is 12.4. The minimum absolute atomic E-state index is 0.123. The van der Waals surface area contributed by atoms with Gasteiger partial charge in [0.05, 0.1) is 3.57 Å². The van der Waals surface area contributed by atoms with Crippen LogP contribution in [0.25, 0.3) is 0 Å². The fourth-order valence-electron chi connectivity index (χ4n) is 5.53. The van der Waals surface area contributed by atoms with Crippen LogP contribution in [0.4, 0.5) is 0 Å². The summed E-state index contributed by atoms with van der Waals surface area (Å²) in [6.07, 6.45) is 5.70. The molecule has 0 saturated heterocycles. The molecule has 25 heavy (non-hydrogen) atoms. The van der Waals surface area contributed by atoms with Gasteiger partial charge in [-0.05, 0) is 95.7 Å². The second kappa shape index (κ2) is 5.92. The average molecular weight is 475 g/mol. The molecule has 0 aliphatic heterocycles. The zero-order valence-corrected chi connectivity index (χ0v) is 17.1. The van der Waals surface area contributed by atoms with Crippen LogP contribution in [-0.2, 0) is 21.5 Å². The van der Waals surface area contributed by atoms with Crippen molar-refractivity contribution in [3.8, 4) is 5.75 Å². The molecule has 0 bridgehead atoms. The van der Waals surface area contributed by atoms with Crippen LogP contribution in [0, 0.1) is 20.8 Å². The number of halogens is 1. The number of ketones is 1. The van der Waals surface area contributed by atoms with E-state index in [1.54, 1.807) is 0 Å². The highest BCUT2D eigenvalue weighted by molar-refractivity contribution is 14.1. The smallest absolute Gasteiger partial charge is 0.370 e. The lowest BCUT2D eigenvalue weighted by Crippen LogP contribution is -2.42. The van der Waals surface area contributed by atoms with E-state index < -0.39 is 10.3 Å². The van der Waals surface area contributed by atoms with Crippen LogP contribution in [0.5, 0.6) is 5.75 Å². The van der Waals surface area contributed by atoms with Crippen molar-refractivity contribution in [1.29, 1.82) is 0 Å². The van der Waals surface area contributed by atoms with Gasteiger partial charge >= 0.3 is 10.3 Å². The molecule has 2 fully saturated rings. The van der Waals surface area contributed by atoms with Gasteiger partial charge in [0.1, 0.15) is 5.78 Å². The van der Waals surface area contributed by atoms with E-state index in [1.807, 2.05) is 6.07 Å². The minimum Gasteiger partial charge on any atom is -0.370 e. The van der Waals surface area contributed by atoms with E-state index in [0.29, 0.717) is 29.3 Å². The van der Waals surface area contributed by atoms with E-state index in [1.165, 1.54) is 5.56 Å². The summed E-state index contributed by atoms with van der Waals surface area (Å²) >= 11 is 2.11. The van der Waals surface area contributed by atoms with E-state index in [9.17, 15) is 13.2 Å². The number of rotatable bonds is 2. The van der Waals surface area contributed by atoms with Crippen molar-refractivity contribution in [3.63, 3.8) is 0 Å². The van der Waals surface area contributed by atoms with Gasteiger partial charge in [0.15, 0.2) is 5.75 Å². The summed E-state index contributed by atoms with van der Waals surface area (Å²) in [5.41, 5.74) is 2.35. The van der Waals surface area contributed by atoms with Gasteiger partial charge in [0.25, 0.3) is 0 Å². The van der Waals surface area contributed by atoms with E-state index in [2.05, 4.69) is 35.6 Å². The number of carbonyl (C=O) groups excluding carboxylic acids is 1. The zero-order chi connectivity index (χ0) is 18.0. The molecule has 3 aliphatic carbocycles. The van der Waals surface area contributed by atoms with Gasteiger partial charge in [-0.1, -0.05) is 6.92 Å². The molecule has 0 radical (unpaired) electrons. The topological polar surface area (TPSA) is 86.5 Å². The zero-order valence-electron chi connectivity index (χ0n) is 14.1. The Morgan fingerprint density at radius 1 is 1.24 bits per heavy atom. The summed E-state index contributed by atoms with van der Waals surface area (Å²) in [5, 5.41) is 5.02. The van der Waals surface area contributed by atoms with Crippen molar-refractivity contribution in [2.75, 3.05) is 0 Å². The molecule has 1 aromatic rings. The van der Waals surface area contributed by atoms with Crippen molar-refractivity contribution >= 4 is 38.7 Å². The van der Waals surface area contributed by atoms with Crippen molar-refractivity contribution in [2.45, 2.75) is 51.4 Å². The first-order valence-electron chi connectivity index (χ1n) is 8.77. The second-order valence-electron chi connectivity index (χ2n) is 7.89. The molecule has 0 aromatic heterocycles. The number of Topliss-reactive ketones (excluding diaryl/α,β-unsaturated/α-hetero) is 1. The molecule has 1 aromatic carbocycles. The maximum absolute atomic E-state index is 12.4. The first kappa shape index (κ1) is 17.7. The third-order valence-electron chi connectivity index (χ3n) is 6.69. The molecule has 0 heterocycles. The Hall–Kier alpha value is -0.670. The van der Waals surface area contributed by atoms with Crippen molar-refractivity contribution in [1.82, 2.24) is 0 Å². The molecule has 0 amide bonds. The summed E-state index contributed by atoms with van der Waals surface area (Å²) in [5.74, 6) is 2.28. The Labute approximate surface area is 162 Å². The second-order valence-corrected chi connectivity index (χ2v) is 10.2. The number of hydrogen-bond donors (Lipinski definition) is 1. The van der Waals surface area contributed by atoms with Crippen LogP contribution in [0.2, 0.25) is 0 Å². The van der Waals surface area contributed by atoms with Crippen molar-refractivity contribution < 1.29 is 17.4 Å². The Morgan fingerprint density at radius 3 is 2.72 bits per heavy atom. The number of benzene rings is 1. The molecule has 4 atom stereocenters. The Kier molecular flexibility index (Phi) is 4.20. The molecule has 7 heteroatoms. The van der Waals surface area contributed by atoms with Gasteiger partial charge in [0, 0.05) is 11.8 Å². The Bertz CT molecular complexity index is 853. The fourth-order valence-corrected chi connectivity index (χ4v) is 6.67. The molecule has 2 saturated carbocycles. The van der Waals surface area contributed by atoms with Gasteiger partial charge in [0.2, 0.25) is 0 Å². The number of nitrogens with two attached hydrogens (primary N) is 1. The Morgan fingerprint density at radius 2 is 2.00 bits per heavy atom. The normalized spacial score (nSPS) is 34.2. The largest absolute Gasteiger partial charge is 0.380 e. The highest BCUT2D eigenvalue weighted by Gasteiger charge is 2.54. The fraction of sp³-hybridized carbons (Fsp3) is 0.611. The molecule has 2 N–H and O–H groups in total. The van der Waals surface area contributed by atoms with Crippen LogP contribution < -0.4 is 9.32 Å². The first-order chi connectivity index (χ1) is 11.7. The monoisotopic (exact) mass is 475 g/mol. The van der Waals surface area contributed by atoms with Crippen molar-refractivity contribution in [2.24, 2.45) is 22.4 Å². The average Bonchev–Trinajstić information content (AvgIpc) is 2.82. The molecule has 3 aliphatic rings. The number of hydrogen-bond acceptors (Lipinski definition) is 4. The van der Waals surface area contributed by atoms with Crippen molar-refractivity contribution in [3.05, 3.63) is 26.8 Å². The van der Waals surface area contributed by atoms with Crippen LogP contribution in [0.15, 0.2) is 12.1 Å². The third-order valence-corrected chi connectivity index (χ3v) is 7.95. The molecular weight excluding hydrogens is 453 g/mol. The third kappa shape index (κ3) is 2.92. The molecule has 0 unspecified atom stereocenters. The number of carbonyl (C=O) groups is 1. The van der Waals surface area contributed by atoms with Crippen LogP contribution >= 0.6 is 22.6 Å². The minimum atomic E-state index is -4.02. The van der Waals surface area contributed by atoms with Gasteiger partial charge in [-0.3, -0.25) is 4.79 Å². The summed E-state index contributed by atoms with van der Waals surface area (Å²) in [4.78, 5) is 12.4. The molecule has 4 rings (SSSR count).